The highest BCUT2D eigenvalue weighted by atomic mass is 16.5. The van der Waals surface area contributed by atoms with Crippen molar-refractivity contribution in [1.82, 2.24) is 15.0 Å². The van der Waals surface area contributed by atoms with Gasteiger partial charge in [-0.1, -0.05) is 5.16 Å². The first-order chi connectivity index (χ1) is 11.7. The lowest BCUT2D eigenvalue weighted by molar-refractivity contribution is -0.132. The lowest BCUT2D eigenvalue weighted by Gasteiger charge is -2.30. The van der Waals surface area contributed by atoms with Crippen LogP contribution in [0.1, 0.15) is 25.2 Å². The SMILES string of the molecule is COc1ccc(-c2noc(CCC(=O)N3CCCC(N)C3)n2)cc1. The number of hydrogen-bond acceptors (Lipinski definition) is 6. The van der Waals surface area contributed by atoms with Gasteiger partial charge >= 0.3 is 0 Å². The third kappa shape index (κ3) is 3.91. The van der Waals surface area contributed by atoms with Gasteiger partial charge in [0.15, 0.2) is 0 Å². The van der Waals surface area contributed by atoms with Gasteiger partial charge in [0.2, 0.25) is 17.6 Å². The van der Waals surface area contributed by atoms with Gasteiger partial charge in [-0.25, -0.2) is 0 Å². The molecule has 2 N–H and O–H groups in total. The minimum atomic E-state index is 0.0905. The molecule has 0 radical (unpaired) electrons. The van der Waals surface area contributed by atoms with Crippen molar-refractivity contribution in [3.8, 4) is 17.1 Å². The van der Waals surface area contributed by atoms with Crippen molar-refractivity contribution in [1.29, 1.82) is 0 Å². The van der Waals surface area contributed by atoms with Gasteiger partial charge in [-0.3, -0.25) is 4.79 Å². The fraction of sp³-hybridized carbons (Fsp3) is 0.471. The quantitative estimate of drug-likeness (QED) is 0.895. The summed E-state index contributed by atoms with van der Waals surface area (Å²) >= 11 is 0. The average Bonchev–Trinajstić information content (AvgIpc) is 3.09. The van der Waals surface area contributed by atoms with Crippen LogP contribution in [-0.2, 0) is 11.2 Å². The zero-order valence-electron chi connectivity index (χ0n) is 13.8. The first-order valence-corrected chi connectivity index (χ1v) is 8.16. The molecule has 1 aliphatic heterocycles. The molecule has 1 aromatic heterocycles. The maximum Gasteiger partial charge on any atom is 0.227 e. The monoisotopic (exact) mass is 330 g/mol. The summed E-state index contributed by atoms with van der Waals surface area (Å²) in [6.45, 7) is 1.42. The van der Waals surface area contributed by atoms with E-state index in [2.05, 4.69) is 10.1 Å². The Morgan fingerprint density at radius 1 is 1.42 bits per heavy atom. The minimum Gasteiger partial charge on any atom is -0.497 e. The van der Waals surface area contributed by atoms with Crippen molar-refractivity contribution < 1.29 is 14.1 Å². The Balaban J connectivity index is 1.56. The molecule has 1 aromatic carbocycles. The number of benzene rings is 1. The molecule has 7 nitrogen and oxygen atoms in total. The van der Waals surface area contributed by atoms with E-state index in [-0.39, 0.29) is 11.9 Å². The highest BCUT2D eigenvalue weighted by molar-refractivity contribution is 5.76. The van der Waals surface area contributed by atoms with Crippen molar-refractivity contribution in [2.24, 2.45) is 5.73 Å². The molecule has 0 saturated carbocycles. The van der Waals surface area contributed by atoms with Crippen molar-refractivity contribution in [2.75, 3.05) is 20.2 Å². The summed E-state index contributed by atoms with van der Waals surface area (Å²) in [4.78, 5) is 18.4. The molecule has 7 heteroatoms. The fourth-order valence-electron chi connectivity index (χ4n) is 2.82. The van der Waals surface area contributed by atoms with Crippen LogP contribution in [0.4, 0.5) is 0 Å². The van der Waals surface area contributed by atoms with E-state index < -0.39 is 0 Å². The molecule has 2 aromatic rings. The molecule has 128 valence electrons. The minimum absolute atomic E-state index is 0.0905. The Labute approximate surface area is 140 Å². The molecule has 1 saturated heterocycles. The number of carbonyl (C=O) groups excluding carboxylic acids is 1. The van der Waals surface area contributed by atoms with Gasteiger partial charge in [-0.15, -0.1) is 0 Å². The summed E-state index contributed by atoms with van der Waals surface area (Å²) in [5.74, 6) is 1.85. The maximum atomic E-state index is 12.2. The molecular formula is C17H22N4O3. The molecule has 1 fully saturated rings. The summed E-state index contributed by atoms with van der Waals surface area (Å²) in [6, 6.07) is 7.51. The standard InChI is InChI=1S/C17H22N4O3/c1-23-14-6-4-12(5-7-14)17-19-15(24-20-17)8-9-16(22)21-10-2-3-13(18)11-21/h4-7,13H,2-3,8-11,18H2,1H3. The highest BCUT2D eigenvalue weighted by Gasteiger charge is 2.21. The van der Waals surface area contributed by atoms with E-state index in [1.54, 1.807) is 7.11 Å². The zero-order valence-corrected chi connectivity index (χ0v) is 13.8. The molecule has 1 amide bonds. The molecule has 3 rings (SSSR count). The van der Waals surface area contributed by atoms with Gasteiger partial charge in [0.05, 0.1) is 7.11 Å². The van der Waals surface area contributed by atoms with Crippen LogP contribution in [0.2, 0.25) is 0 Å². The summed E-state index contributed by atoms with van der Waals surface area (Å²) in [7, 11) is 1.62. The normalized spacial score (nSPS) is 17.8. The van der Waals surface area contributed by atoms with E-state index in [1.165, 1.54) is 0 Å². The van der Waals surface area contributed by atoms with Crippen molar-refractivity contribution in [3.05, 3.63) is 30.2 Å². The summed E-state index contributed by atoms with van der Waals surface area (Å²) in [6.07, 6.45) is 2.75. The third-order valence-electron chi connectivity index (χ3n) is 4.18. The molecule has 0 aliphatic carbocycles. The summed E-state index contributed by atoms with van der Waals surface area (Å²) < 4.78 is 10.4. The van der Waals surface area contributed by atoms with Gasteiger partial charge in [-0.2, -0.15) is 4.98 Å². The second kappa shape index (κ2) is 7.44. The third-order valence-corrected chi connectivity index (χ3v) is 4.18. The van der Waals surface area contributed by atoms with Crippen LogP contribution in [0.3, 0.4) is 0 Å². The smallest absolute Gasteiger partial charge is 0.227 e. The molecular weight excluding hydrogens is 308 g/mol. The van der Waals surface area contributed by atoms with E-state index in [0.29, 0.717) is 31.1 Å². The van der Waals surface area contributed by atoms with Gasteiger partial charge < -0.3 is 19.9 Å². The highest BCUT2D eigenvalue weighted by Crippen LogP contribution is 2.20. The first-order valence-electron chi connectivity index (χ1n) is 8.16. The van der Waals surface area contributed by atoms with E-state index in [4.69, 9.17) is 15.0 Å². The lowest BCUT2D eigenvalue weighted by atomic mass is 10.1. The van der Waals surface area contributed by atoms with Gasteiger partial charge in [0, 0.05) is 37.5 Å². The van der Waals surface area contributed by atoms with Crippen LogP contribution < -0.4 is 10.5 Å². The van der Waals surface area contributed by atoms with E-state index >= 15 is 0 Å². The number of carbonyl (C=O) groups is 1. The predicted molar refractivity (Wildman–Crippen MR) is 88.4 cm³/mol. The molecule has 1 unspecified atom stereocenters. The predicted octanol–water partition coefficient (Wildman–Crippen LogP) is 1.63. The van der Waals surface area contributed by atoms with Crippen molar-refractivity contribution in [2.45, 2.75) is 31.7 Å². The topological polar surface area (TPSA) is 94.5 Å². The van der Waals surface area contributed by atoms with Crippen molar-refractivity contribution in [3.63, 3.8) is 0 Å². The molecule has 0 spiro atoms. The molecule has 24 heavy (non-hydrogen) atoms. The Bertz CT molecular complexity index is 683. The number of hydrogen-bond donors (Lipinski definition) is 1. The second-order valence-electron chi connectivity index (χ2n) is 5.98. The van der Waals surface area contributed by atoms with Crippen LogP contribution in [0.15, 0.2) is 28.8 Å². The van der Waals surface area contributed by atoms with Crippen LogP contribution in [-0.4, -0.2) is 47.2 Å². The molecule has 0 bridgehead atoms. The number of aryl methyl sites for hydroxylation is 1. The van der Waals surface area contributed by atoms with E-state index in [1.807, 2.05) is 29.2 Å². The molecule has 2 heterocycles. The number of piperidine rings is 1. The summed E-state index contributed by atoms with van der Waals surface area (Å²) in [5.41, 5.74) is 6.76. The van der Waals surface area contributed by atoms with Gasteiger partial charge in [-0.05, 0) is 37.1 Å². The lowest BCUT2D eigenvalue weighted by Crippen LogP contribution is -2.45. The number of nitrogens with two attached hydrogens (primary N) is 1. The number of nitrogens with zero attached hydrogens (tertiary/aromatic N) is 3. The zero-order chi connectivity index (χ0) is 16.9. The number of amides is 1. The number of likely N-dealkylation sites (tertiary alicyclic amines) is 1. The first kappa shape index (κ1) is 16.4. The van der Waals surface area contributed by atoms with Gasteiger partial charge in [0.1, 0.15) is 5.75 Å². The van der Waals surface area contributed by atoms with E-state index in [9.17, 15) is 4.79 Å². The number of aromatic nitrogens is 2. The second-order valence-corrected chi connectivity index (χ2v) is 5.98. The van der Waals surface area contributed by atoms with Crippen molar-refractivity contribution >= 4 is 5.91 Å². The van der Waals surface area contributed by atoms with Crippen LogP contribution in [0.5, 0.6) is 5.75 Å². The maximum absolute atomic E-state index is 12.2. The molecule has 1 aliphatic rings. The Morgan fingerprint density at radius 3 is 2.92 bits per heavy atom. The van der Waals surface area contributed by atoms with Gasteiger partial charge in [0.25, 0.3) is 0 Å². The average molecular weight is 330 g/mol. The van der Waals surface area contributed by atoms with Crippen LogP contribution in [0, 0.1) is 0 Å². The number of ether oxygens (including phenoxy) is 1. The van der Waals surface area contributed by atoms with Crippen LogP contribution >= 0.6 is 0 Å². The van der Waals surface area contributed by atoms with E-state index in [0.717, 1.165) is 30.7 Å². The molecule has 1 atom stereocenters. The largest absolute Gasteiger partial charge is 0.497 e. The number of methoxy groups -OCH3 is 1. The fourth-order valence-corrected chi connectivity index (χ4v) is 2.82. The Kier molecular flexibility index (Phi) is 5.10. The number of rotatable bonds is 5. The Hall–Kier alpha value is -2.41. The van der Waals surface area contributed by atoms with Crippen LogP contribution in [0.25, 0.3) is 11.4 Å². The Morgan fingerprint density at radius 2 is 2.21 bits per heavy atom. The summed E-state index contributed by atoms with van der Waals surface area (Å²) in [5, 5.41) is 3.97.